The molecule has 0 amide bonds. The molecule has 15 heavy (non-hydrogen) atoms. The molecule has 3 nitrogen and oxygen atoms in total. The first kappa shape index (κ1) is 12.5. The van der Waals surface area contributed by atoms with Crippen molar-refractivity contribution in [2.75, 3.05) is 0 Å². The minimum Gasteiger partial charge on any atom is -0.480 e. The molecule has 1 aromatic heterocycles. The first-order valence-electron chi connectivity index (χ1n) is 4.59. The van der Waals surface area contributed by atoms with Crippen LogP contribution in [0, 0.1) is 0 Å². The van der Waals surface area contributed by atoms with Gasteiger partial charge in [-0.15, -0.1) is 11.3 Å². The van der Waals surface area contributed by atoms with Crippen LogP contribution in [0.2, 0.25) is 4.34 Å². The van der Waals surface area contributed by atoms with E-state index in [0.29, 0.717) is 4.34 Å². The van der Waals surface area contributed by atoms with Crippen LogP contribution in [0.15, 0.2) is 12.1 Å². The molecule has 1 aromatic rings. The van der Waals surface area contributed by atoms with Gasteiger partial charge in [0.15, 0.2) is 0 Å². The van der Waals surface area contributed by atoms with Gasteiger partial charge < -0.3 is 5.11 Å². The van der Waals surface area contributed by atoms with E-state index in [0.717, 1.165) is 4.88 Å². The predicted molar refractivity (Wildman–Crippen MR) is 62.6 cm³/mol. The molecule has 0 aliphatic heterocycles. The Hall–Kier alpha value is -0.580. The van der Waals surface area contributed by atoms with E-state index in [2.05, 4.69) is 5.32 Å². The minimum atomic E-state index is -0.935. The summed E-state index contributed by atoms with van der Waals surface area (Å²) in [6.45, 7) is 5.20. The number of hydrogen-bond acceptors (Lipinski definition) is 3. The maximum Gasteiger partial charge on any atom is 0.323 e. The van der Waals surface area contributed by atoms with Gasteiger partial charge in [0.1, 0.15) is 5.54 Å². The fraction of sp³-hybridized carbons (Fsp3) is 0.500. The number of halogens is 1. The summed E-state index contributed by atoms with van der Waals surface area (Å²) in [6, 6.07) is 3.70. The summed E-state index contributed by atoms with van der Waals surface area (Å²) in [4.78, 5) is 11.9. The fourth-order valence-corrected chi connectivity index (χ4v) is 2.30. The summed E-state index contributed by atoms with van der Waals surface area (Å²) in [7, 11) is 0. The molecule has 1 atom stereocenters. The van der Waals surface area contributed by atoms with E-state index < -0.39 is 11.5 Å². The Morgan fingerprint density at radius 3 is 2.60 bits per heavy atom. The van der Waals surface area contributed by atoms with E-state index in [1.165, 1.54) is 11.3 Å². The second kappa shape index (κ2) is 4.51. The van der Waals surface area contributed by atoms with Gasteiger partial charge in [-0.2, -0.15) is 0 Å². The van der Waals surface area contributed by atoms with Gasteiger partial charge >= 0.3 is 5.97 Å². The molecule has 84 valence electrons. The third-order valence-corrected chi connectivity index (χ3v) is 3.55. The van der Waals surface area contributed by atoms with Crippen LogP contribution in [0.25, 0.3) is 0 Å². The smallest absolute Gasteiger partial charge is 0.323 e. The SMILES string of the molecule is CC(NC(C)(C)C(=O)O)c1ccc(Cl)s1. The Morgan fingerprint density at radius 2 is 2.20 bits per heavy atom. The quantitative estimate of drug-likeness (QED) is 0.860. The Bertz CT molecular complexity index is 362. The van der Waals surface area contributed by atoms with E-state index in [1.807, 2.05) is 19.1 Å². The first-order valence-corrected chi connectivity index (χ1v) is 5.78. The van der Waals surface area contributed by atoms with Crippen LogP contribution in [-0.4, -0.2) is 16.6 Å². The molecular weight excluding hydrogens is 234 g/mol. The summed E-state index contributed by atoms with van der Waals surface area (Å²) >= 11 is 7.27. The maximum atomic E-state index is 10.9. The Kier molecular flexibility index (Phi) is 3.76. The molecule has 0 aliphatic carbocycles. The number of carboxylic acid groups (broad SMARTS) is 1. The zero-order valence-electron chi connectivity index (χ0n) is 8.87. The number of carboxylic acids is 1. The molecule has 0 saturated carbocycles. The van der Waals surface area contributed by atoms with Gasteiger partial charge in [0.05, 0.1) is 4.34 Å². The van der Waals surface area contributed by atoms with Crippen LogP contribution in [0.1, 0.15) is 31.7 Å². The standard InChI is InChI=1S/C10H14ClNO2S/c1-6(7-4-5-8(11)15-7)12-10(2,3)9(13)14/h4-6,12H,1-3H3,(H,13,14). The van der Waals surface area contributed by atoms with Gasteiger partial charge in [0, 0.05) is 10.9 Å². The number of rotatable bonds is 4. The molecule has 0 saturated heterocycles. The van der Waals surface area contributed by atoms with E-state index in [1.54, 1.807) is 13.8 Å². The van der Waals surface area contributed by atoms with Crippen molar-refractivity contribution in [3.05, 3.63) is 21.3 Å². The van der Waals surface area contributed by atoms with Crippen LogP contribution in [0.5, 0.6) is 0 Å². The van der Waals surface area contributed by atoms with Gasteiger partial charge in [-0.25, -0.2) is 0 Å². The number of thiophene rings is 1. The first-order chi connectivity index (χ1) is 6.83. The van der Waals surface area contributed by atoms with Gasteiger partial charge in [0.25, 0.3) is 0 Å². The predicted octanol–water partition coefficient (Wildman–Crippen LogP) is 2.92. The molecule has 1 unspecified atom stereocenters. The molecule has 0 fully saturated rings. The lowest BCUT2D eigenvalue weighted by Gasteiger charge is -2.25. The lowest BCUT2D eigenvalue weighted by atomic mass is 10.0. The van der Waals surface area contributed by atoms with Crippen LogP contribution in [-0.2, 0) is 4.79 Å². The number of hydrogen-bond donors (Lipinski definition) is 2. The van der Waals surface area contributed by atoms with Crippen molar-refractivity contribution in [2.24, 2.45) is 0 Å². The van der Waals surface area contributed by atoms with E-state index in [4.69, 9.17) is 16.7 Å². The summed E-state index contributed by atoms with van der Waals surface area (Å²) in [5.41, 5.74) is -0.935. The lowest BCUT2D eigenvalue weighted by molar-refractivity contribution is -0.143. The minimum absolute atomic E-state index is 0.0198. The second-order valence-corrected chi connectivity index (χ2v) is 5.68. The normalized spacial score (nSPS) is 13.9. The molecule has 0 spiro atoms. The van der Waals surface area contributed by atoms with Crippen LogP contribution < -0.4 is 5.32 Å². The van der Waals surface area contributed by atoms with Crippen molar-refractivity contribution in [2.45, 2.75) is 32.4 Å². The molecular formula is C10H14ClNO2S. The Labute approximate surface area is 98.1 Å². The van der Waals surface area contributed by atoms with Crippen LogP contribution >= 0.6 is 22.9 Å². The van der Waals surface area contributed by atoms with E-state index >= 15 is 0 Å². The van der Waals surface area contributed by atoms with Gasteiger partial charge in [-0.05, 0) is 32.9 Å². The van der Waals surface area contributed by atoms with Crippen LogP contribution in [0.4, 0.5) is 0 Å². The second-order valence-electron chi connectivity index (χ2n) is 3.94. The molecule has 0 bridgehead atoms. The molecule has 0 radical (unpaired) electrons. The third-order valence-electron chi connectivity index (χ3n) is 2.13. The Balaban J connectivity index is 2.71. The zero-order valence-corrected chi connectivity index (χ0v) is 10.4. The Morgan fingerprint density at radius 1 is 1.60 bits per heavy atom. The fourth-order valence-electron chi connectivity index (χ4n) is 1.24. The van der Waals surface area contributed by atoms with Crippen molar-refractivity contribution < 1.29 is 9.90 Å². The largest absolute Gasteiger partial charge is 0.480 e. The summed E-state index contributed by atoms with van der Waals surface area (Å²) in [5, 5.41) is 12.0. The molecule has 0 aromatic carbocycles. The maximum absolute atomic E-state index is 10.9. The van der Waals surface area contributed by atoms with Gasteiger partial charge in [0.2, 0.25) is 0 Å². The highest BCUT2D eigenvalue weighted by Crippen LogP contribution is 2.27. The zero-order chi connectivity index (χ0) is 11.6. The number of nitrogens with one attached hydrogen (secondary N) is 1. The molecule has 1 heterocycles. The summed E-state index contributed by atoms with van der Waals surface area (Å²) < 4.78 is 0.715. The molecule has 1 rings (SSSR count). The monoisotopic (exact) mass is 247 g/mol. The highest BCUT2D eigenvalue weighted by molar-refractivity contribution is 7.16. The highest BCUT2D eigenvalue weighted by Gasteiger charge is 2.29. The van der Waals surface area contributed by atoms with Gasteiger partial charge in [-0.1, -0.05) is 11.6 Å². The van der Waals surface area contributed by atoms with Crippen molar-refractivity contribution in [1.82, 2.24) is 5.32 Å². The molecule has 2 N–H and O–H groups in total. The van der Waals surface area contributed by atoms with Crippen LogP contribution in [0.3, 0.4) is 0 Å². The topological polar surface area (TPSA) is 49.3 Å². The summed E-state index contributed by atoms with van der Waals surface area (Å²) in [5.74, 6) is -0.864. The average molecular weight is 248 g/mol. The number of carbonyl (C=O) groups is 1. The average Bonchev–Trinajstić information content (AvgIpc) is 2.50. The van der Waals surface area contributed by atoms with E-state index in [-0.39, 0.29) is 6.04 Å². The lowest BCUT2D eigenvalue weighted by Crippen LogP contribution is -2.47. The number of aliphatic carboxylic acids is 1. The third kappa shape index (κ3) is 3.19. The van der Waals surface area contributed by atoms with Crippen molar-refractivity contribution in [3.8, 4) is 0 Å². The van der Waals surface area contributed by atoms with E-state index in [9.17, 15) is 4.79 Å². The van der Waals surface area contributed by atoms with Crippen molar-refractivity contribution in [3.63, 3.8) is 0 Å². The van der Waals surface area contributed by atoms with Crippen molar-refractivity contribution in [1.29, 1.82) is 0 Å². The van der Waals surface area contributed by atoms with Gasteiger partial charge in [-0.3, -0.25) is 10.1 Å². The highest BCUT2D eigenvalue weighted by atomic mass is 35.5. The summed E-state index contributed by atoms with van der Waals surface area (Å²) in [6.07, 6.45) is 0. The van der Waals surface area contributed by atoms with Crippen molar-refractivity contribution >= 4 is 28.9 Å². The molecule has 5 heteroatoms. The molecule has 0 aliphatic rings.